The summed E-state index contributed by atoms with van der Waals surface area (Å²) in [7, 11) is -3.19. The molecule has 1 aliphatic rings. The number of aryl methyl sites for hydroxylation is 1. The molecule has 1 N–H and O–H groups in total. The minimum atomic E-state index is -3.19. The van der Waals surface area contributed by atoms with Crippen LogP contribution in [0, 0.1) is 6.92 Å². The molecule has 2 heterocycles. The number of carbonyl (C=O) groups is 1. The first-order valence-electron chi connectivity index (χ1n) is 7.63. The third kappa shape index (κ3) is 4.51. The molecule has 22 heavy (non-hydrogen) atoms. The summed E-state index contributed by atoms with van der Waals surface area (Å²) >= 11 is 0. The van der Waals surface area contributed by atoms with Crippen LogP contribution in [0.25, 0.3) is 0 Å². The average molecular weight is 325 g/mol. The van der Waals surface area contributed by atoms with Gasteiger partial charge in [-0.15, -0.1) is 0 Å². The fourth-order valence-corrected chi connectivity index (χ4v) is 4.04. The number of nitrogens with one attached hydrogen (secondary N) is 1. The van der Waals surface area contributed by atoms with Crippen LogP contribution in [-0.2, 0) is 10.0 Å². The molecule has 7 heteroatoms. The van der Waals surface area contributed by atoms with Gasteiger partial charge in [0.15, 0.2) is 0 Å². The number of amides is 1. The monoisotopic (exact) mass is 325 g/mol. The Morgan fingerprint density at radius 1 is 1.41 bits per heavy atom. The highest BCUT2D eigenvalue weighted by Crippen LogP contribution is 2.15. The van der Waals surface area contributed by atoms with Gasteiger partial charge in [-0.1, -0.05) is 6.92 Å². The highest BCUT2D eigenvalue weighted by molar-refractivity contribution is 7.89. The molecule has 1 fully saturated rings. The van der Waals surface area contributed by atoms with Crippen molar-refractivity contribution in [1.82, 2.24) is 14.6 Å². The zero-order chi connectivity index (χ0) is 16.2. The number of hydrogen-bond donors (Lipinski definition) is 1. The molecule has 0 saturated carbocycles. The second-order valence-corrected chi connectivity index (χ2v) is 7.56. The Balaban J connectivity index is 1.91. The molecule has 0 radical (unpaired) electrons. The Morgan fingerprint density at radius 2 is 2.09 bits per heavy atom. The minimum absolute atomic E-state index is 0.0136. The summed E-state index contributed by atoms with van der Waals surface area (Å²) in [4.78, 5) is 18.3. The molecule has 1 saturated heterocycles. The van der Waals surface area contributed by atoms with Gasteiger partial charge < -0.3 is 4.90 Å². The molecule has 1 amide bonds. The van der Waals surface area contributed by atoms with Gasteiger partial charge in [0.2, 0.25) is 10.0 Å². The smallest absolute Gasteiger partial charge is 0.253 e. The van der Waals surface area contributed by atoms with Gasteiger partial charge in [0, 0.05) is 36.6 Å². The van der Waals surface area contributed by atoms with Crippen LogP contribution in [0.15, 0.2) is 18.3 Å². The molecular formula is C15H23N3O3S. The van der Waals surface area contributed by atoms with Crippen LogP contribution in [-0.4, -0.2) is 49.1 Å². The van der Waals surface area contributed by atoms with Crippen molar-refractivity contribution in [3.05, 3.63) is 29.6 Å². The molecule has 2 rings (SSSR count). The molecule has 0 atom stereocenters. The number of carbonyl (C=O) groups excluding carboxylic acids is 1. The second-order valence-electron chi connectivity index (χ2n) is 5.69. The Morgan fingerprint density at radius 3 is 2.68 bits per heavy atom. The Bertz CT molecular complexity index is 623. The molecule has 6 nitrogen and oxygen atoms in total. The summed E-state index contributed by atoms with van der Waals surface area (Å²) in [5.41, 5.74) is 1.45. The van der Waals surface area contributed by atoms with E-state index in [0.717, 1.165) is 5.69 Å². The standard InChI is InChI=1S/C15H23N3O3S/c1-3-10-22(20,21)17-14-5-8-18(9-6-14)15(19)13-4-7-16-12(2)11-13/h4,7,11,14,17H,3,5-6,8-10H2,1-2H3. The molecule has 1 aromatic heterocycles. The van der Waals surface area contributed by atoms with Crippen LogP contribution in [0.5, 0.6) is 0 Å². The minimum Gasteiger partial charge on any atom is -0.339 e. The summed E-state index contributed by atoms with van der Waals surface area (Å²) in [5.74, 6) is 0.142. The summed E-state index contributed by atoms with van der Waals surface area (Å²) in [6, 6.07) is 3.42. The first-order valence-corrected chi connectivity index (χ1v) is 9.28. The van der Waals surface area contributed by atoms with E-state index < -0.39 is 10.0 Å². The molecule has 122 valence electrons. The predicted octanol–water partition coefficient (Wildman–Crippen LogP) is 1.32. The molecule has 1 aromatic rings. The van der Waals surface area contributed by atoms with E-state index in [1.54, 1.807) is 23.2 Å². The topological polar surface area (TPSA) is 79.4 Å². The van der Waals surface area contributed by atoms with Crippen LogP contribution >= 0.6 is 0 Å². The summed E-state index contributed by atoms with van der Waals surface area (Å²) in [6.45, 7) is 4.84. The van der Waals surface area contributed by atoms with E-state index in [-0.39, 0.29) is 17.7 Å². The van der Waals surface area contributed by atoms with Gasteiger partial charge in [-0.3, -0.25) is 9.78 Å². The van der Waals surface area contributed by atoms with E-state index in [1.807, 2.05) is 13.8 Å². The van der Waals surface area contributed by atoms with Crippen molar-refractivity contribution >= 4 is 15.9 Å². The van der Waals surface area contributed by atoms with Gasteiger partial charge >= 0.3 is 0 Å². The van der Waals surface area contributed by atoms with Crippen molar-refractivity contribution < 1.29 is 13.2 Å². The zero-order valence-corrected chi connectivity index (χ0v) is 13.9. The fraction of sp³-hybridized carbons (Fsp3) is 0.600. The van der Waals surface area contributed by atoms with Crippen molar-refractivity contribution in [2.45, 2.75) is 39.2 Å². The fourth-order valence-electron chi connectivity index (χ4n) is 2.64. The second kappa shape index (κ2) is 7.19. The van der Waals surface area contributed by atoms with Gasteiger partial charge in [-0.05, 0) is 38.3 Å². The average Bonchev–Trinajstić information content (AvgIpc) is 2.47. The lowest BCUT2D eigenvalue weighted by atomic mass is 10.1. The maximum atomic E-state index is 12.4. The Labute approximate surface area is 132 Å². The molecule has 0 unspecified atom stereocenters. The number of nitrogens with zero attached hydrogens (tertiary/aromatic N) is 2. The van der Waals surface area contributed by atoms with Gasteiger partial charge in [0.05, 0.1) is 5.75 Å². The lowest BCUT2D eigenvalue weighted by Crippen LogP contribution is -2.47. The zero-order valence-electron chi connectivity index (χ0n) is 13.1. The van der Waals surface area contributed by atoms with Gasteiger partial charge in [0.1, 0.15) is 0 Å². The number of piperidine rings is 1. The van der Waals surface area contributed by atoms with Crippen LogP contribution in [0.2, 0.25) is 0 Å². The number of likely N-dealkylation sites (tertiary alicyclic amines) is 1. The van der Waals surface area contributed by atoms with Crippen molar-refractivity contribution in [3.8, 4) is 0 Å². The first kappa shape index (κ1) is 16.9. The highest BCUT2D eigenvalue weighted by Gasteiger charge is 2.26. The van der Waals surface area contributed by atoms with Crippen molar-refractivity contribution in [2.75, 3.05) is 18.8 Å². The van der Waals surface area contributed by atoms with E-state index in [0.29, 0.717) is 37.9 Å². The van der Waals surface area contributed by atoms with E-state index in [4.69, 9.17) is 0 Å². The van der Waals surface area contributed by atoms with E-state index in [9.17, 15) is 13.2 Å². The number of pyridine rings is 1. The molecule has 0 spiro atoms. The van der Waals surface area contributed by atoms with Crippen LogP contribution < -0.4 is 4.72 Å². The third-order valence-corrected chi connectivity index (χ3v) is 5.38. The first-order chi connectivity index (χ1) is 10.4. The highest BCUT2D eigenvalue weighted by atomic mass is 32.2. The normalized spacial score (nSPS) is 16.7. The van der Waals surface area contributed by atoms with E-state index >= 15 is 0 Å². The van der Waals surface area contributed by atoms with Crippen molar-refractivity contribution in [2.24, 2.45) is 0 Å². The quantitative estimate of drug-likeness (QED) is 0.885. The summed E-state index contributed by atoms with van der Waals surface area (Å²) in [6.07, 6.45) is 3.54. The number of rotatable bonds is 5. The van der Waals surface area contributed by atoms with Crippen molar-refractivity contribution in [3.63, 3.8) is 0 Å². The van der Waals surface area contributed by atoms with Crippen LogP contribution in [0.3, 0.4) is 0 Å². The molecule has 0 bridgehead atoms. The largest absolute Gasteiger partial charge is 0.339 e. The van der Waals surface area contributed by atoms with Crippen molar-refractivity contribution in [1.29, 1.82) is 0 Å². The van der Waals surface area contributed by atoms with Crippen LogP contribution in [0.1, 0.15) is 42.2 Å². The van der Waals surface area contributed by atoms with Crippen LogP contribution in [0.4, 0.5) is 0 Å². The SMILES string of the molecule is CCCS(=O)(=O)NC1CCN(C(=O)c2ccnc(C)c2)CC1. The lowest BCUT2D eigenvalue weighted by molar-refractivity contribution is 0.0711. The van der Waals surface area contributed by atoms with Gasteiger partial charge in [0.25, 0.3) is 5.91 Å². The number of aromatic nitrogens is 1. The predicted molar refractivity (Wildman–Crippen MR) is 85.1 cm³/mol. The van der Waals surface area contributed by atoms with Gasteiger partial charge in [-0.25, -0.2) is 13.1 Å². The maximum absolute atomic E-state index is 12.4. The molecular weight excluding hydrogens is 302 g/mol. The lowest BCUT2D eigenvalue weighted by Gasteiger charge is -2.32. The molecule has 0 aromatic carbocycles. The van der Waals surface area contributed by atoms with E-state index in [1.165, 1.54) is 0 Å². The Kier molecular flexibility index (Phi) is 5.52. The molecule has 0 aliphatic carbocycles. The van der Waals surface area contributed by atoms with Gasteiger partial charge in [-0.2, -0.15) is 0 Å². The Hall–Kier alpha value is -1.47. The third-order valence-electron chi connectivity index (χ3n) is 3.74. The summed E-state index contributed by atoms with van der Waals surface area (Å²) in [5, 5.41) is 0. The molecule has 1 aliphatic heterocycles. The number of hydrogen-bond acceptors (Lipinski definition) is 4. The summed E-state index contributed by atoms with van der Waals surface area (Å²) < 4.78 is 26.3. The maximum Gasteiger partial charge on any atom is 0.253 e. The van der Waals surface area contributed by atoms with E-state index in [2.05, 4.69) is 9.71 Å². The number of sulfonamides is 1.